The SMILES string of the molecule is COc1ccc(Cl)c(-c2nccnc2C(=O)O)c1. The van der Waals surface area contributed by atoms with Crippen LogP contribution in [-0.4, -0.2) is 28.2 Å². The number of aromatic nitrogens is 2. The fraction of sp³-hybridized carbons (Fsp3) is 0.0833. The molecule has 0 bridgehead atoms. The molecular formula is C12H9ClN2O3. The maximum absolute atomic E-state index is 11.1. The van der Waals surface area contributed by atoms with Gasteiger partial charge in [-0.1, -0.05) is 11.6 Å². The van der Waals surface area contributed by atoms with Crippen LogP contribution >= 0.6 is 11.6 Å². The van der Waals surface area contributed by atoms with Crippen molar-refractivity contribution < 1.29 is 14.6 Å². The van der Waals surface area contributed by atoms with Crippen molar-refractivity contribution in [2.24, 2.45) is 0 Å². The van der Waals surface area contributed by atoms with Gasteiger partial charge < -0.3 is 9.84 Å². The number of methoxy groups -OCH3 is 1. The molecule has 0 aliphatic heterocycles. The summed E-state index contributed by atoms with van der Waals surface area (Å²) in [5.41, 5.74) is 0.545. The minimum absolute atomic E-state index is 0.146. The molecule has 1 aromatic heterocycles. The molecule has 2 rings (SSSR count). The van der Waals surface area contributed by atoms with E-state index in [-0.39, 0.29) is 11.4 Å². The molecule has 0 spiro atoms. The molecule has 18 heavy (non-hydrogen) atoms. The molecule has 0 saturated heterocycles. The number of hydrogen-bond acceptors (Lipinski definition) is 4. The maximum Gasteiger partial charge on any atom is 0.356 e. The molecule has 0 radical (unpaired) electrons. The number of carbonyl (C=O) groups is 1. The monoisotopic (exact) mass is 264 g/mol. The first-order valence-electron chi connectivity index (χ1n) is 5.01. The lowest BCUT2D eigenvalue weighted by molar-refractivity contribution is 0.0691. The number of nitrogens with zero attached hydrogens (tertiary/aromatic N) is 2. The first kappa shape index (κ1) is 12.3. The van der Waals surface area contributed by atoms with Gasteiger partial charge in [-0.3, -0.25) is 4.98 Å². The summed E-state index contributed by atoms with van der Waals surface area (Å²) < 4.78 is 5.08. The van der Waals surface area contributed by atoms with Gasteiger partial charge in [0.05, 0.1) is 12.1 Å². The largest absolute Gasteiger partial charge is 0.497 e. The van der Waals surface area contributed by atoms with Gasteiger partial charge in [0, 0.05) is 18.0 Å². The number of hydrogen-bond donors (Lipinski definition) is 1. The van der Waals surface area contributed by atoms with E-state index in [1.807, 2.05) is 0 Å². The molecule has 0 fully saturated rings. The van der Waals surface area contributed by atoms with Crippen molar-refractivity contribution in [3.63, 3.8) is 0 Å². The minimum Gasteiger partial charge on any atom is -0.497 e. The van der Waals surface area contributed by atoms with Crippen LogP contribution in [0.4, 0.5) is 0 Å². The topological polar surface area (TPSA) is 72.3 Å². The van der Waals surface area contributed by atoms with Crippen molar-refractivity contribution in [3.8, 4) is 17.0 Å². The van der Waals surface area contributed by atoms with Gasteiger partial charge in [-0.15, -0.1) is 0 Å². The Bertz CT molecular complexity index is 602. The van der Waals surface area contributed by atoms with Gasteiger partial charge >= 0.3 is 5.97 Å². The van der Waals surface area contributed by atoms with Crippen LogP contribution < -0.4 is 4.74 Å². The van der Waals surface area contributed by atoms with E-state index in [0.717, 1.165) is 0 Å². The molecule has 0 aliphatic rings. The molecule has 1 aromatic carbocycles. The molecular weight excluding hydrogens is 256 g/mol. The average Bonchev–Trinajstić information content (AvgIpc) is 2.39. The van der Waals surface area contributed by atoms with Crippen LogP contribution in [0.15, 0.2) is 30.6 Å². The number of rotatable bonds is 3. The third-order valence-corrected chi connectivity index (χ3v) is 2.66. The van der Waals surface area contributed by atoms with Crippen LogP contribution in [0.25, 0.3) is 11.3 Å². The number of carboxylic acids is 1. The normalized spacial score (nSPS) is 10.1. The molecule has 0 unspecified atom stereocenters. The van der Waals surface area contributed by atoms with E-state index < -0.39 is 5.97 Å². The standard InChI is InChI=1S/C12H9ClN2O3/c1-18-7-2-3-9(13)8(6-7)10-11(12(16)17)15-5-4-14-10/h2-6H,1H3,(H,16,17). The van der Waals surface area contributed by atoms with Gasteiger partial charge in [0.2, 0.25) is 0 Å². The highest BCUT2D eigenvalue weighted by atomic mass is 35.5. The Kier molecular flexibility index (Phi) is 3.43. The molecule has 0 aliphatic carbocycles. The van der Waals surface area contributed by atoms with Crippen molar-refractivity contribution in [2.45, 2.75) is 0 Å². The summed E-state index contributed by atoms with van der Waals surface area (Å²) in [6, 6.07) is 4.93. The highest BCUT2D eigenvalue weighted by Gasteiger charge is 2.17. The van der Waals surface area contributed by atoms with Crippen LogP contribution in [0.1, 0.15) is 10.5 Å². The third-order valence-electron chi connectivity index (χ3n) is 2.33. The van der Waals surface area contributed by atoms with Gasteiger partial charge in [0.1, 0.15) is 11.4 Å². The van der Waals surface area contributed by atoms with Crippen LogP contribution in [0, 0.1) is 0 Å². The van der Waals surface area contributed by atoms with E-state index >= 15 is 0 Å². The van der Waals surface area contributed by atoms with E-state index in [1.54, 1.807) is 18.2 Å². The minimum atomic E-state index is -1.16. The van der Waals surface area contributed by atoms with Crippen molar-refractivity contribution in [2.75, 3.05) is 7.11 Å². The van der Waals surface area contributed by atoms with Crippen LogP contribution in [0.5, 0.6) is 5.75 Å². The van der Waals surface area contributed by atoms with E-state index in [1.165, 1.54) is 19.5 Å². The molecule has 5 nitrogen and oxygen atoms in total. The molecule has 1 N–H and O–H groups in total. The van der Waals surface area contributed by atoms with Crippen molar-refractivity contribution >= 4 is 17.6 Å². The second-order valence-corrected chi connectivity index (χ2v) is 3.81. The summed E-state index contributed by atoms with van der Waals surface area (Å²) >= 11 is 6.05. The van der Waals surface area contributed by atoms with Gasteiger partial charge in [-0.25, -0.2) is 9.78 Å². The lowest BCUT2D eigenvalue weighted by Gasteiger charge is -2.08. The number of carboxylic acid groups (broad SMARTS) is 1. The van der Waals surface area contributed by atoms with Crippen LogP contribution in [0.3, 0.4) is 0 Å². The summed E-state index contributed by atoms with van der Waals surface area (Å²) in [6.45, 7) is 0. The van der Waals surface area contributed by atoms with Crippen molar-refractivity contribution in [3.05, 3.63) is 41.3 Å². The number of halogens is 1. The fourth-order valence-corrected chi connectivity index (χ4v) is 1.71. The first-order valence-corrected chi connectivity index (χ1v) is 5.39. The first-order chi connectivity index (χ1) is 8.63. The summed E-state index contributed by atoms with van der Waals surface area (Å²) in [6.07, 6.45) is 2.73. The highest BCUT2D eigenvalue weighted by molar-refractivity contribution is 6.33. The van der Waals surface area contributed by atoms with Gasteiger partial charge in [0.15, 0.2) is 5.69 Å². The summed E-state index contributed by atoms with van der Waals surface area (Å²) in [5.74, 6) is -0.589. The molecule has 6 heteroatoms. The Morgan fingerprint density at radius 1 is 1.33 bits per heavy atom. The molecule has 0 atom stereocenters. The van der Waals surface area contributed by atoms with Crippen LogP contribution in [-0.2, 0) is 0 Å². The molecule has 0 amide bonds. The zero-order valence-electron chi connectivity index (χ0n) is 9.42. The summed E-state index contributed by atoms with van der Waals surface area (Å²) in [7, 11) is 1.52. The lowest BCUT2D eigenvalue weighted by atomic mass is 10.1. The molecule has 92 valence electrons. The Morgan fingerprint density at radius 2 is 2.06 bits per heavy atom. The van der Waals surface area contributed by atoms with E-state index in [2.05, 4.69) is 9.97 Å². The van der Waals surface area contributed by atoms with Crippen molar-refractivity contribution in [1.29, 1.82) is 0 Å². The lowest BCUT2D eigenvalue weighted by Crippen LogP contribution is -2.04. The number of benzene rings is 1. The van der Waals surface area contributed by atoms with E-state index in [4.69, 9.17) is 21.4 Å². The fourth-order valence-electron chi connectivity index (χ4n) is 1.50. The average molecular weight is 265 g/mol. The highest BCUT2D eigenvalue weighted by Crippen LogP contribution is 2.31. The van der Waals surface area contributed by atoms with E-state index in [0.29, 0.717) is 16.3 Å². The Morgan fingerprint density at radius 3 is 2.72 bits per heavy atom. The Balaban J connectivity index is 2.65. The predicted molar refractivity (Wildman–Crippen MR) is 66.0 cm³/mol. The summed E-state index contributed by atoms with van der Waals surface area (Å²) in [5, 5.41) is 9.46. The van der Waals surface area contributed by atoms with E-state index in [9.17, 15) is 4.79 Å². The zero-order valence-corrected chi connectivity index (χ0v) is 10.2. The molecule has 0 saturated carbocycles. The Hall–Kier alpha value is -2.14. The van der Waals surface area contributed by atoms with Gasteiger partial charge in [-0.05, 0) is 18.2 Å². The number of aromatic carboxylic acids is 1. The predicted octanol–water partition coefficient (Wildman–Crippen LogP) is 2.50. The second kappa shape index (κ2) is 5.01. The second-order valence-electron chi connectivity index (χ2n) is 3.40. The smallest absolute Gasteiger partial charge is 0.356 e. The molecule has 2 aromatic rings. The molecule has 1 heterocycles. The quantitative estimate of drug-likeness (QED) is 0.922. The Labute approximate surface area is 108 Å². The number of ether oxygens (including phenoxy) is 1. The van der Waals surface area contributed by atoms with Crippen LogP contribution in [0.2, 0.25) is 5.02 Å². The van der Waals surface area contributed by atoms with Gasteiger partial charge in [0.25, 0.3) is 0 Å². The third kappa shape index (κ3) is 2.26. The maximum atomic E-state index is 11.1. The van der Waals surface area contributed by atoms with Crippen molar-refractivity contribution in [1.82, 2.24) is 9.97 Å². The zero-order chi connectivity index (χ0) is 13.1. The summed E-state index contributed by atoms with van der Waals surface area (Å²) in [4.78, 5) is 18.9. The van der Waals surface area contributed by atoms with Gasteiger partial charge in [-0.2, -0.15) is 0 Å².